The molecule has 1 aliphatic heterocycles. The van der Waals surface area contributed by atoms with Crippen LogP contribution in [0.1, 0.15) is 16.1 Å². The Morgan fingerprint density at radius 2 is 1.76 bits per heavy atom. The lowest BCUT2D eigenvalue weighted by Crippen LogP contribution is -2.48. The van der Waals surface area contributed by atoms with Crippen LogP contribution >= 0.6 is 0 Å². The molecule has 1 aromatic carbocycles. The van der Waals surface area contributed by atoms with Gasteiger partial charge in [0.05, 0.1) is 12.7 Å². The number of carbonyl (C=O) groups excluding carboxylic acids is 1. The van der Waals surface area contributed by atoms with Gasteiger partial charge in [0.1, 0.15) is 10.6 Å². The van der Waals surface area contributed by atoms with Crippen LogP contribution in [-0.2, 0) is 28.0 Å². The van der Waals surface area contributed by atoms with Crippen LogP contribution in [-0.4, -0.2) is 56.5 Å². The zero-order valence-electron chi connectivity index (χ0n) is 15.8. The predicted molar refractivity (Wildman–Crippen MR) is 99.2 cm³/mol. The third-order valence-corrected chi connectivity index (χ3v) is 6.65. The number of methoxy groups -OCH3 is 1. The molecule has 1 aromatic heterocycles. The Morgan fingerprint density at radius 3 is 2.34 bits per heavy atom. The number of sulfonamides is 1. The average Bonchev–Trinajstić information content (AvgIpc) is 3.09. The third kappa shape index (κ3) is 4.25. The van der Waals surface area contributed by atoms with Crippen molar-refractivity contribution in [1.29, 1.82) is 0 Å². The fourth-order valence-electron chi connectivity index (χ4n) is 3.20. The van der Waals surface area contributed by atoms with Crippen molar-refractivity contribution in [3.05, 3.63) is 47.8 Å². The van der Waals surface area contributed by atoms with E-state index in [4.69, 9.17) is 0 Å². The largest absolute Gasteiger partial charge is 0.464 e. The van der Waals surface area contributed by atoms with E-state index in [2.05, 4.69) is 4.74 Å². The van der Waals surface area contributed by atoms with Crippen LogP contribution in [0.15, 0.2) is 41.4 Å². The molecule has 1 aliphatic rings. The van der Waals surface area contributed by atoms with E-state index in [-0.39, 0.29) is 36.8 Å². The maximum absolute atomic E-state index is 12.9. The molecule has 0 bridgehead atoms. The highest BCUT2D eigenvalue weighted by molar-refractivity contribution is 7.89. The van der Waals surface area contributed by atoms with Gasteiger partial charge in [-0.25, -0.2) is 13.2 Å². The van der Waals surface area contributed by atoms with Crippen LogP contribution in [0.25, 0.3) is 0 Å². The maximum atomic E-state index is 12.9. The zero-order chi connectivity index (χ0) is 21.4. The Balaban J connectivity index is 1.74. The summed E-state index contributed by atoms with van der Waals surface area (Å²) in [6.07, 6.45) is -3.10. The number of esters is 1. The Labute approximate surface area is 166 Å². The molecule has 7 nitrogen and oxygen atoms in total. The summed E-state index contributed by atoms with van der Waals surface area (Å²) in [5.74, 6) is -0.650. The second kappa shape index (κ2) is 7.71. The number of rotatable bonds is 4. The highest BCUT2D eigenvalue weighted by atomic mass is 32.2. The molecular formula is C18H20F3N3O4S. The molecule has 0 spiro atoms. The van der Waals surface area contributed by atoms with Crippen LogP contribution in [0.4, 0.5) is 18.9 Å². The molecule has 0 unspecified atom stereocenters. The van der Waals surface area contributed by atoms with Gasteiger partial charge in [-0.05, 0) is 24.3 Å². The van der Waals surface area contributed by atoms with Gasteiger partial charge in [-0.2, -0.15) is 17.5 Å². The van der Waals surface area contributed by atoms with E-state index in [0.29, 0.717) is 5.69 Å². The van der Waals surface area contributed by atoms with E-state index in [1.54, 1.807) is 11.0 Å². The van der Waals surface area contributed by atoms with E-state index in [0.717, 1.165) is 12.1 Å². The fraction of sp³-hybridized carbons (Fsp3) is 0.389. The van der Waals surface area contributed by atoms with Gasteiger partial charge in [-0.3, -0.25) is 0 Å². The van der Waals surface area contributed by atoms with Crippen molar-refractivity contribution in [1.82, 2.24) is 8.87 Å². The van der Waals surface area contributed by atoms with Crippen molar-refractivity contribution in [3.63, 3.8) is 0 Å². The van der Waals surface area contributed by atoms with E-state index >= 15 is 0 Å². The van der Waals surface area contributed by atoms with Gasteiger partial charge in [-0.1, -0.05) is 6.07 Å². The first-order valence-corrected chi connectivity index (χ1v) is 10.1. The number of hydrogen-bond acceptors (Lipinski definition) is 5. The fourth-order valence-corrected chi connectivity index (χ4v) is 4.69. The third-order valence-electron chi connectivity index (χ3n) is 4.79. The van der Waals surface area contributed by atoms with Gasteiger partial charge in [0.25, 0.3) is 0 Å². The lowest BCUT2D eigenvalue weighted by Gasteiger charge is -2.35. The molecule has 1 saturated heterocycles. The summed E-state index contributed by atoms with van der Waals surface area (Å²) in [5, 5.41) is 0. The molecule has 158 valence electrons. The summed E-state index contributed by atoms with van der Waals surface area (Å²) in [5.41, 5.74) is -0.247. The van der Waals surface area contributed by atoms with Crippen LogP contribution in [0.3, 0.4) is 0 Å². The zero-order valence-corrected chi connectivity index (χ0v) is 16.6. The quantitative estimate of drug-likeness (QED) is 0.695. The van der Waals surface area contributed by atoms with Crippen molar-refractivity contribution in [3.8, 4) is 0 Å². The number of alkyl halides is 3. The minimum Gasteiger partial charge on any atom is -0.464 e. The first-order chi connectivity index (χ1) is 13.5. The molecule has 11 heteroatoms. The minimum atomic E-state index is -4.44. The molecule has 29 heavy (non-hydrogen) atoms. The van der Waals surface area contributed by atoms with Crippen molar-refractivity contribution in [2.24, 2.45) is 7.05 Å². The summed E-state index contributed by atoms with van der Waals surface area (Å²) < 4.78 is 71.8. The molecule has 0 N–H and O–H groups in total. The number of halogens is 3. The number of nitrogens with zero attached hydrogens (tertiary/aromatic N) is 3. The van der Waals surface area contributed by atoms with E-state index in [9.17, 15) is 26.4 Å². The topological polar surface area (TPSA) is 71.8 Å². The van der Waals surface area contributed by atoms with Crippen molar-refractivity contribution >= 4 is 21.7 Å². The summed E-state index contributed by atoms with van der Waals surface area (Å²) in [7, 11) is -1.10. The summed E-state index contributed by atoms with van der Waals surface area (Å²) in [6, 6.07) is 6.21. The van der Waals surface area contributed by atoms with Gasteiger partial charge in [0.2, 0.25) is 10.0 Å². The van der Waals surface area contributed by atoms with Crippen LogP contribution in [0.5, 0.6) is 0 Å². The number of piperazine rings is 1. The predicted octanol–water partition coefficient (Wildman–Crippen LogP) is 2.34. The Kier molecular flexibility index (Phi) is 5.63. The lowest BCUT2D eigenvalue weighted by molar-refractivity contribution is -0.137. The van der Waals surface area contributed by atoms with Crippen LogP contribution in [0, 0.1) is 0 Å². The van der Waals surface area contributed by atoms with E-state index in [1.165, 1.54) is 41.4 Å². The number of aryl methyl sites for hydroxylation is 1. The normalized spacial score (nSPS) is 16.1. The van der Waals surface area contributed by atoms with Gasteiger partial charge < -0.3 is 14.2 Å². The number of carbonyl (C=O) groups is 1. The standard InChI is InChI=1S/C18H20F3N3O4S/c1-22-12-15(11-16(22)17(25)28-2)29(26,27)24-8-6-23(7-9-24)14-5-3-4-13(10-14)18(19,20)21/h3-5,10-12H,6-9H2,1-2H3. The molecule has 0 saturated carbocycles. The van der Waals surface area contributed by atoms with Crippen LogP contribution in [0.2, 0.25) is 0 Å². The van der Waals surface area contributed by atoms with E-state index < -0.39 is 27.7 Å². The van der Waals surface area contributed by atoms with Crippen molar-refractivity contribution in [2.75, 3.05) is 38.2 Å². The number of ether oxygens (including phenoxy) is 1. The van der Waals surface area contributed by atoms with Gasteiger partial charge in [-0.15, -0.1) is 0 Å². The minimum absolute atomic E-state index is 0.0343. The first-order valence-electron chi connectivity index (χ1n) is 8.71. The molecule has 3 rings (SSSR count). The molecule has 0 radical (unpaired) electrons. The molecule has 0 amide bonds. The molecule has 0 aliphatic carbocycles. The summed E-state index contributed by atoms with van der Waals surface area (Å²) in [4.78, 5) is 13.4. The van der Waals surface area contributed by atoms with Gasteiger partial charge in [0.15, 0.2) is 0 Å². The van der Waals surface area contributed by atoms with E-state index in [1.807, 2.05) is 0 Å². The Morgan fingerprint density at radius 1 is 1.10 bits per heavy atom. The van der Waals surface area contributed by atoms with Gasteiger partial charge in [0, 0.05) is 45.1 Å². The number of aromatic nitrogens is 1. The highest BCUT2D eigenvalue weighted by Crippen LogP contribution is 2.32. The number of hydrogen-bond donors (Lipinski definition) is 0. The monoisotopic (exact) mass is 431 g/mol. The number of benzene rings is 1. The van der Waals surface area contributed by atoms with Gasteiger partial charge >= 0.3 is 12.1 Å². The van der Waals surface area contributed by atoms with Crippen molar-refractivity contribution < 1.29 is 31.1 Å². The SMILES string of the molecule is COC(=O)c1cc(S(=O)(=O)N2CCN(c3cccc(C(F)(F)F)c3)CC2)cn1C. The number of anilines is 1. The molecule has 2 heterocycles. The Hall–Kier alpha value is -2.53. The summed E-state index contributed by atoms with van der Waals surface area (Å²) in [6.45, 7) is 0.719. The Bertz CT molecular complexity index is 1010. The van der Waals surface area contributed by atoms with Crippen molar-refractivity contribution in [2.45, 2.75) is 11.1 Å². The molecule has 1 fully saturated rings. The maximum Gasteiger partial charge on any atom is 0.416 e. The first kappa shape index (κ1) is 21.2. The second-order valence-electron chi connectivity index (χ2n) is 6.60. The average molecular weight is 431 g/mol. The lowest BCUT2D eigenvalue weighted by atomic mass is 10.1. The molecule has 0 atom stereocenters. The van der Waals surface area contributed by atoms with Crippen LogP contribution < -0.4 is 4.90 Å². The molecule has 2 aromatic rings. The highest BCUT2D eigenvalue weighted by Gasteiger charge is 2.33. The summed E-state index contributed by atoms with van der Waals surface area (Å²) >= 11 is 0. The second-order valence-corrected chi connectivity index (χ2v) is 8.54. The molecular weight excluding hydrogens is 411 g/mol. The smallest absolute Gasteiger partial charge is 0.416 e.